The molecule has 1 fully saturated rings. The summed E-state index contributed by atoms with van der Waals surface area (Å²) in [6.07, 6.45) is 6.58. The molecule has 0 amide bonds. The van der Waals surface area contributed by atoms with E-state index >= 15 is 0 Å². The zero-order valence-corrected chi connectivity index (χ0v) is 11.9. The summed E-state index contributed by atoms with van der Waals surface area (Å²) >= 11 is 0. The molecule has 0 saturated heterocycles. The van der Waals surface area contributed by atoms with Crippen molar-refractivity contribution in [3.63, 3.8) is 0 Å². The molecule has 1 saturated carbocycles. The van der Waals surface area contributed by atoms with Crippen molar-refractivity contribution in [3.8, 4) is 11.5 Å². The Labute approximate surface area is 115 Å². The third kappa shape index (κ3) is 3.41. The van der Waals surface area contributed by atoms with E-state index in [1.165, 1.54) is 32.1 Å². The molecule has 1 aliphatic rings. The maximum atomic E-state index is 9.88. The van der Waals surface area contributed by atoms with Crippen LogP contribution in [0.2, 0.25) is 0 Å². The lowest BCUT2D eigenvalue weighted by molar-refractivity contribution is 0.265. The highest BCUT2D eigenvalue weighted by Crippen LogP contribution is 2.34. The Bertz CT molecular complexity index is 393. The fourth-order valence-electron chi connectivity index (χ4n) is 3.23. The number of nitrogens with one attached hydrogen (secondary N) is 1. The van der Waals surface area contributed by atoms with E-state index in [2.05, 4.69) is 12.2 Å². The van der Waals surface area contributed by atoms with Gasteiger partial charge in [-0.2, -0.15) is 0 Å². The van der Waals surface area contributed by atoms with Crippen LogP contribution in [-0.2, 0) is 0 Å². The maximum Gasteiger partial charge on any atom is 0.124 e. The highest BCUT2D eigenvalue weighted by molar-refractivity contribution is 5.44. The Morgan fingerprint density at radius 1 is 1.05 bits per heavy atom. The quantitative estimate of drug-likeness (QED) is 0.776. The standard InChI is InChI=1S/C16H25NO2/c1-11(13-7-4-3-5-8-13)17-12(2)16-14(18)9-6-10-15(16)19/h6,9-13,17-19H,3-5,7-8H2,1-2H3/t11-,12?/m1/s1. The summed E-state index contributed by atoms with van der Waals surface area (Å²) in [7, 11) is 0. The molecule has 1 aliphatic carbocycles. The summed E-state index contributed by atoms with van der Waals surface area (Å²) in [5.41, 5.74) is 0.602. The number of phenols is 2. The molecule has 3 heteroatoms. The molecule has 0 aliphatic heterocycles. The second kappa shape index (κ2) is 6.29. The van der Waals surface area contributed by atoms with Gasteiger partial charge in [-0.25, -0.2) is 0 Å². The number of aromatic hydroxyl groups is 2. The molecule has 2 atom stereocenters. The van der Waals surface area contributed by atoms with Crippen LogP contribution < -0.4 is 5.32 Å². The summed E-state index contributed by atoms with van der Waals surface area (Å²) in [5, 5.41) is 23.3. The van der Waals surface area contributed by atoms with E-state index in [0.29, 0.717) is 17.5 Å². The van der Waals surface area contributed by atoms with Crippen molar-refractivity contribution in [2.24, 2.45) is 5.92 Å². The second-order valence-corrected chi connectivity index (χ2v) is 5.79. The summed E-state index contributed by atoms with van der Waals surface area (Å²) < 4.78 is 0. The molecule has 0 radical (unpaired) electrons. The summed E-state index contributed by atoms with van der Waals surface area (Å²) in [4.78, 5) is 0. The molecule has 1 unspecified atom stereocenters. The van der Waals surface area contributed by atoms with E-state index in [0.717, 1.165) is 0 Å². The molecule has 0 bridgehead atoms. The molecule has 0 aromatic heterocycles. The number of rotatable bonds is 4. The minimum absolute atomic E-state index is 0.0434. The van der Waals surface area contributed by atoms with Crippen LogP contribution in [0.4, 0.5) is 0 Å². The van der Waals surface area contributed by atoms with E-state index in [9.17, 15) is 10.2 Å². The summed E-state index contributed by atoms with van der Waals surface area (Å²) in [6.45, 7) is 4.21. The summed E-state index contributed by atoms with van der Waals surface area (Å²) in [5.74, 6) is 1.04. The smallest absolute Gasteiger partial charge is 0.124 e. The molecule has 3 nitrogen and oxygen atoms in total. The monoisotopic (exact) mass is 263 g/mol. The average Bonchev–Trinajstić information content (AvgIpc) is 2.39. The Balaban J connectivity index is 2.01. The highest BCUT2D eigenvalue weighted by atomic mass is 16.3. The highest BCUT2D eigenvalue weighted by Gasteiger charge is 2.23. The molecule has 19 heavy (non-hydrogen) atoms. The van der Waals surface area contributed by atoms with Crippen molar-refractivity contribution < 1.29 is 10.2 Å². The first-order chi connectivity index (χ1) is 9.09. The zero-order chi connectivity index (χ0) is 13.8. The fraction of sp³-hybridized carbons (Fsp3) is 0.625. The van der Waals surface area contributed by atoms with Gasteiger partial charge in [-0.3, -0.25) is 0 Å². The first-order valence-electron chi connectivity index (χ1n) is 7.36. The van der Waals surface area contributed by atoms with Gasteiger partial charge < -0.3 is 15.5 Å². The molecule has 2 rings (SSSR count). The van der Waals surface area contributed by atoms with E-state index in [1.807, 2.05) is 6.92 Å². The zero-order valence-electron chi connectivity index (χ0n) is 11.9. The van der Waals surface area contributed by atoms with Crippen molar-refractivity contribution in [1.29, 1.82) is 0 Å². The molecule has 1 aromatic carbocycles. The van der Waals surface area contributed by atoms with Gasteiger partial charge >= 0.3 is 0 Å². The van der Waals surface area contributed by atoms with Gasteiger partial charge in [-0.05, 0) is 44.7 Å². The fourth-order valence-corrected chi connectivity index (χ4v) is 3.23. The van der Waals surface area contributed by atoms with Crippen LogP contribution in [0.1, 0.15) is 57.6 Å². The molecular weight excluding hydrogens is 238 g/mol. The first kappa shape index (κ1) is 14.2. The van der Waals surface area contributed by atoms with E-state index in [-0.39, 0.29) is 17.5 Å². The molecule has 3 N–H and O–H groups in total. The molecule has 106 valence electrons. The number of hydrogen-bond acceptors (Lipinski definition) is 3. The largest absolute Gasteiger partial charge is 0.507 e. The van der Waals surface area contributed by atoms with Crippen LogP contribution in [0.3, 0.4) is 0 Å². The van der Waals surface area contributed by atoms with Gasteiger partial charge in [0.25, 0.3) is 0 Å². The van der Waals surface area contributed by atoms with Crippen molar-refractivity contribution in [2.45, 2.75) is 58.0 Å². The van der Waals surface area contributed by atoms with Gasteiger partial charge in [0.1, 0.15) is 11.5 Å². The van der Waals surface area contributed by atoms with E-state index < -0.39 is 0 Å². The normalized spacial score (nSPS) is 20.1. The van der Waals surface area contributed by atoms with Crippen LogP contribution in [0, 0.1) is 5.92 Å². The van der Waals surface area contributed by atoms with Gasteiger partial charge in [-0.1, -0.05) is 25.3 Å². The molecular formula is C16H25NO2. The number of phenolic OH excluding ortho intramolecular Hbond substituents is 2. The van der Waals surface area contributed by atoms with Gasteiger partial charge in [0.05, 0.1) is 5.56 Å². The average molecular weight is 263 g/mol. The third-order valence-corrected chi connectivity index (χ3v) is 4.36. The summed E-state index contributed by atoms with van der Waals surface area (Å²) in [6, 6.07) is 5.27. The number of benzene rings is 1. The Morgan fingerprint density at radius 3 is 2.21 bits per heavy atom. The van der Waals surface area contributed by atoms with Crippen LogP contribution in [-0.4, -0.2) is 16.3 Å². The van der Waals surface area contributed by atoms with Gasteiger partial charge in [0.2, 0.25) is 0 Å². The predicted octanol–water partition coefficient (Wildman–Crippen LogP) is 3.72. The van der Waals surface area contributed by atoms with Crippen LogP contribution >= 0.6 is 0 Å². The van der Waals surface area contributed by atoms with Crippen LogP contribution in [0.5, 0.6) is 11.5 Å². The lowest BCUT2D eigenvalue weighted by Crippen LogP contribution is -2.36. The minimum atomic E-state index is -0.0434. The second-order valence-electron chi connectivity index (χ2n) is 5.79. The van der Waals surface area contributed by atoms with E-state index in [4.69, 9.17) is 0 Å². The van der Waals surface area contributed by atoms with Gasteiger partial charge in [0.15, 0.2) is 0 Å². The van der Waals surface area contributed by atoms with Crippen LogP contribution in [0.15, 0.2) is 18.2 Å². The SMILES string of the molecule is CC(N[C@H](C)C1CCCCC1)c1c(O)cccc1O. The lowest BCUT2D eigenvalue weighted by Gasteiger charge is -2.31. The molecule has 0 heterocycles. The predicted molar refractivity (Wildman–Crippen MR) is 77.4 cm³/mol. The first-order valence-corrected chi connectivity index (χ1v) is 7.36. The Kier molecular flexibility index (Phi) is 4.70. The topological polar surface area (TPSA) is 52.5 Å². The molecule has 0 spiro atoms. The molecule has 1 aromatic rings. The van der Waals surface area contributed by atoms with Crippen molar-refractivity contribution >= 4 is 0 Å². The van der Waals surface area contributed by atoms with E-state index in [1.54, 1.807) is 18.2 Å². The number of hydrogen-bond donors (Lipinski definition) is 3. The van der Waals surface area contributed by atoms with Gasteiger partial charge in [-0.15, -0.1) is 0 Å². The Morgan fingerprint density at radius 2 is 1.63 bits per heavy atom. The van der Waals surface area contributed by atoms with Crippen LogP contribution in [0.25, 0.3) is 0 Å². The Hall–Kier alpha value is -1.22. The van der Waals surface area contributed by atoms with Gasteiger partial charge in [0, 0.05) is 12.1 Å². The third-order valence-electron chi connectivity index (χ3n) is 4.36. The maximum absolute atomic E-state index is 9.88. The lowest BCUT2D eigenvalue weighted by atomic mass is 9.84. The van der Waals surface area contributed by atoms with Crippen molar-refractivity contribution in [2.75, 3.05) is 0 Å². The van der Waals surface area contributed by atoms with Crippen molar-refractivity contribution in [1.82, 2.24) is 5.32 Å². The minimum Gasteiger partial charge on any atom is -0.507 e. The van der Waals surface area contributed by atoms with Crippen molar-refractivity contribution in [3.05, 3.63) is 23.8 Å².